The summed E-state index contributed by atoms with van der Waals surface area (Å²) in [5.41, 5.74) is 4.11. The van der Waals surface area contributed by atoms with E-state index in [1.54, 1.807) is 0 Å². The molecule has 4 heteroatoms. The van der Waals surface area contributed by atoms with Crippen LogP contribution >= 0.6 is 0 Å². The first-order valence-electron chi connectivity index (χ1n) is 2.55. The zero-order chi connectivity index (χ0) is 7.98. The highest BCUT2D eigenvalue weighted by molar-refractivity contribution is 5.92. The van der Waals surface area contributed by atoms with Crippen LogP contribution in [0.25, 0.3) is 0 Å². The van der Waals surface area contributed by atoms with Crippen LogP contribution in [0.3, 0.4) is 0 Å². The summed E-state index contributed by atoms with van der Waals surface area (Å²) < 4.78 is 0. The highest BCUT2D eigenvalue weighted by atomic mass is 16.2. The zero-order valence-electron chi connectivity index (χ0n) is 5.39. The largest absolute Gasteiger partial charge is 0.268 e. The van der Waals surface area contributed by atoms with Gasteiger partial charge in [-0.2, -0.15) is 0 Å². The van der Waals surface area contributed by atoms with Crippen LogP contribution in [0.4, 0.5) is 0 Å². The van der Waals surface area contributed by atoms with Crippen molar-refractivity contribution in [2.45, 2.75) is 0 Å². The van der Waals surface area contributed by atoms with Gasteiger partial charge in [-0.25, -0.2) is 0 Å². The van der Waals surface area contributed by atoms with Gasteiger partial charge >= 0.3 is 0 Å². The standard InChI is InChI=1S/C6H8N2O2/c1-3-5(9)7-8-6(10)4-2/h3-4H,1-2H2,(H,7,9)(H,8,10). The highest BCUT2D eigenvalue weighted by Crippen LogP contribution is 1.64. The monoisotopic (exact) mass is 140 g/mol. The zero-order valence-corrected chi connectivity index (χ0v) is 5.39. The van der Waals surface area contributed by atoms with Gasteiger partial charge in [-0.3, -0.25) is 20.4 Å². The third-order valence-electron chi connectivity index (χ3n) is 0.680. The van der Waals surface area contributed by atoms with Gasteiger partial charge in [0.25, 0.3) is 11.8 Å². The molecule has 0 saturated carbocycles. The van der Waals surface area contributed by atoms with E-state index in [1.165, 1.54) is 0 Å². The fourth-order valence-corrected chi connectivity index (χ4v) is 0.225. The minimum atomic E-state index is -0.463. The van der Waals surface area contributed by atoms with Crippen LogP contribution in [-0.4, -0.2) is 11.8 Å². The van der Waals surface area contributed by atoms with Crippen molar-refractivity contribution in [3.8, 4) is 0 Å². The fourth-order valence-electron chi connectivity index (χ4n) is 0.225. The van der Waals surface area contributed by atoms with Crippen LogP contribution in [0.5, 0.6) is 0 Å². The molecule has 0 saturated heterocycles. The van der Waals surface area contributed by atoms with Crippen LogP contribution < -0.4 is 10.9 Å². The van der Waals surface area contributed by atoms with Crippen LogP contribution in [0.1, 0.15) is 0 Å². The molecule has 0 heterocycles. The lowest BCUT2D eigenvalue weighted by molar-refractivity contribution is -0.123. The number of amides is 2. The molecule has 0 rings (SSSR count). The average Bonchev–Trinajstić information content (AvgIpc) is 1.99. The quantitative estimate of drug-likeness (QED) is 0.401. The van der Waals surface area contributed by atoms with Gasteiger partial charge < -0.3 is 0 Å². The second-order valence-electron chi connectivity index (χ2n) is 1.39. The van der Waals surface area contributed by atoms with Gasteiger partial charge in [-0.15, -0.1) is 0 Å². The molecule has 2 amide bonds. The van der Waals surface area contributed by atoms with Crippen molar-refractivity contribution in [1.29, 1.82) is 0 Å². The Morgan fingerprint density at radius 2 is 1.30 bits per heavy atom. The number of carbonyl (C=O) groups is 2. The van der Waals surface area contributed by atoms with Gasteiger partial charge in [0.05, 0.1) is 0 Å². The Bertz CT molecular complexity index is 155. The topological polar surface area (TPSA) is 58.2 Å². The minimum Gasteiger partial charge on any atom is -0.268 e. The Morgan fingerprint density at radius 1 is 1.00 bits per heavy atom. The fraction of sp³-hybridized carbons (Fsp3) is 0. The van der Waals surface area contributed by atoms with E-state index < -0.39 is 11.8 Å². The molecule has 2 N–H and O–H groups in total. The maximum Gasteiger partial charge on any atom is 0.261 e. The summed E-state index contributed by atoms with van der Waals surface area (Å²) >= 11 is 0. The summed E-state index contributed by atoms with van der Waals surface area (Å²) in [4.78, 5) is 20.7. The van der Waals surface area contributed by atoms with Gasteiger partial charge in [0.2, 0.25) is 0 Å². The van der Waals surface area contributed by atoms with Crippen LogP contribution in [0, 0.1) is 0 Å². The summed E-state index contributed by atoms with van der Waals surface area (Å²) in [5.74, 6) is -0.926. The van der Waals surface area contributed by atoms with E-state index in [-0.39, 0.29) is 0 Å². The molecular weight excluding hydrogens is 132 g/mol. The maximum atomic E-state index is 10.4. The Labute approximate surface area is 58.6 Å². The van der Waals surface area contributed by atoms with E-state index in [9.17, 15) is 9.59 Å². The second-order valence-corrected chi connectivity index (χ2v) is 1.39. The predicted molar refractivity (Wildman–Crippen MR) is 36.7 cm³/mol. The molecular formula is C6H8N2O2. The lowest BCUT2D eigenvalue weighted by atomic mass is 10.6. The molecule has 0 aromatic rings. The van der Waals surface area contributed by atoms with Crippen LogP contribution in [0.2, 0.25) is 0 Å². The van der Waals surface area contributed by atoms with Gasteiger partial charge in [0, 0.05) is 0 Å². The van der Waals surface area contributed by atoms with Crippen molar-refractivity contribution in [3.05, 3.63) is 25.3 Å². The lowest BCUT2D eigenvalue weighted by Crippen LogP contribution is -2.39. The normalized spacial score (nSPS) is 7.60. The van der Waals surface area contributed by atoms with Crippen LogP contribution in [0.15, 0.2) is 25.3 Å². The van der Waals surface area contributed by atoms with E-state index in [0.717, 1.165) is 12.2 Å². The van der Waals surface area contributed by atoms with Crippen molar-refractivity contribution in [2.75, 3.05) is 0 Å². The van der Waals surface area contributed by atoms with Gasteiger partial charge in [0.1, 0.15) is 0 Å². The third kappa shape index (κ3) is 3.43. The Hall–Kier alpha value is -1.58. The van der Waals surface area contributed by atoms with Crippen molar-refractivity contribution >= 4 is 11.8 Å². The molecule has 0 aromatic heterocycles. The molecule has 0 fully saturated rings. The first kappa shape index (κ1) is 8.42. The number of rotatable bonds is 2. The number of carbonyl (C=O) groups excluding carboxylic acids is 2. The Morgan fingerprint density at radius 3 is 1.50 bits per heavy atom. The summed E-state index contributed by atoms with van der Waals surface area (Å²) in [6.45, 7) is 6.35. The van der Waals surface area contributed by atoms with E-state index in [4.69, 9.17) is 0 Å². The van der Waals surface area contributed by atoms with Crippen molar-refractivity contribution in [3.63, 3.8) is 0 Å². The first-order chi connectivity index (χ1) is 4.70. The lowest BCUT2D eigenvalue weighted by Gasteiger charge is -1.99. The van der Waals surface area contributed by atoms with Crippen molar-refractivity contribution < 1.29 is 9.59 Å². The summed E-state index contributed by atoms with van der Waals surface area (Å²) in [7, 11) is 0. The molecule has 0 unspecified atom stereocenters. The van der Waals surface area contributed by atoms with Gasteiger partial charge in [0.15, 0.2) is 0 Å². The van der Waals surface area contributed by atoms with Gasteiger partial charge in [-0.05, 0) is 12.2 Å². The molecule has 0 aliphatic carbocycles. The summed E-state index contributed by atoms with van der Waals surface area (Å²) in [6.07, 6.45) is 2.09. The first-order valence-corrected chi connectivity index (χ1v) is 2.55. The summed E-state index contributed by atoms with van der Waals surface area (Å²) in [6, 6.07) is 0. The molecule has 10 heavy (non-hydrogen) atoms. The molecule has 4 nitrogen and oxygen atoms in total. The molecule has 0 aliphatic rings. The number of hydrogen-bond donors (Lipinski definition) is 2. The molecule has 0 atom stereocenters. The predicted octanol–water partition coefficient (Wildman–Crippen LogP) is -0.494. The molecule has 0 aromatic carbocycles. The van der Waals surface area contributed by atoms with Crippen molar-refractivity contribution in [1.82, 2.24) is 10.9 Å². The smallest absolute Gasteiger partial charge is 0.261 e. The molecule has 0 bridgehead atoms. The SMILES string of the molecule is C=CC(=O)NNC(=O)C=C. The Balaban J connectivity index is 3.54. The minimum absolute atomic E-state index is 0.463. The van der Waals surface area contributed by atoms with Crippen molar-refractivity contribution in [2.24, 2.45) is 0 Å². The average molecular weight is 140 g/mol. The molecule has 0 spiro atoms. The van der Waals surface area contributed by atoms with E-state index in [2.05, 4.69) is 24.0 Å². The van der Waals surface area contributed by atoms with E-state index in [0.29, 0.717) is 0 Å². The molecule has 54 valence electrons. The number of hydrazine groups is 1. The maximum absolute atomic E-state index is 10.4. The molecule has 0 aliphatic heterocycles. The van der Waals surface area contributed by atoms with Crippen LogP contribution in [-0.2, 0) is 9.59 Å². The Kier molecular flexibility index (Phi) is 3.63. The number of hydrogen-bond acceptors (Lipinski definition) is 2. The third-order valence-corrected chi connectivity index (χ3v) is 0.680. The summed E-state index contributed by atoms with van der Waals surface area (Å²) in [5, 5.41) is 0. The van der Waals surface area contributed by atoms with Gasteiger partial charge in [-0.1, -0.05) is 13.2 Å². The second kappa shape index (κ2) is 4.31. The highest BCUT2D eigenvalue weighted by Gasteiger charge is 1.93. The number of nitrogens with one attached hydrogen (secondary N) is 2. The van der Waals surface area contributed by atoms with E-state index in [1.807, 2.05) is 0 Å². The molecule has 0 radical (unpaired) electrons. The van der Waals surface area contributed by atoms with E-state index >= 15 is 0 Å².